The molecule has 0 aromatic heterocycles. The minimum absolute atomic E-state index is 1.32. The van der Waals surface area contributed by atoms with Crippen molar-refractivity contribution in [1.29, 1.82) is 0 Å². The van der Waals surface area contributed by atoms with Crippen LogP contribution in [0.15, 0.2) is 36.4 Å². The Labute approximate surface area is 86.7 Å². The normalized spacial score (nSPS) is 8.77. The van der Waals surface area contributed by atoms with Crippen LogP contribution in [0.1, 0.15) is 26.7 Å². The first-order valence-corrected chi connectivity index (χ1v) is 6.15. The summed E-state index contributed by atoms with van der Waals surface area (Å²) in [5.74, 6) is 2.68. The van der Waals surface area contributed by atoms with E-state index in [1.165, 1.54) is 24.3 Å². The van der Waals surface area contributed by atoms with Gasteiger partial charge in [-0.2, -0.15) is 11.8 Å². The van der Waals surface area contributed by atoms with Gasteiger partial charge in [0.25, 0.3) is 0 Å². The van der Waals surface area contributed by atoms with Gasteiger partial charge in [0.15, 0.2) is 0 Å². The standard InChI is InChI=1S/C6H14S.C6H6/c1-3-5-7-6-4-2;1-2-4-6-5-3-1/h3-6H2,1-2H3;1-6H. The monoisotopic (exact) mass is 196 g/mol. The van der Waals surface area contributed by atoms with Crippen LogP contribution in [0.5, 0.6) is 0 Å². The molecule has 0 radical (unpaired) electrons. The average Bonchev–Trinajstić information content (AvgIpc) is 2.22. The lowest BCUT2D eigenvalue weighted by molar-refractivity contribution is 1.07. The molecule has 0 heterocycles. The van der Waals surface area contributed by atoms with E-state index in [1.54, 1.807) is 0 Å². The second kappa shape index (κ2) is 11.6. The molecule has 13 heavy (non-hydrogen) atoms. The minimum atomic E-state index is 1.32. The molecule has 1 heteroatoms. The summed E-state index contributed by atoms with van der Waals surface area (Å²) in [5.41, 5.74) is 0. The third kappa shape index (κ3) is 11.6. The van der Waals surface area contributed by atoms with Gasteiger partial charge in [0.2, 0.25) is 0 Å². The van der Waals surface area contributed by atoms with E-state index in [0.717, 1.165) is 0 Å². The van der Waals surface area contributed by atoms with Crippen molar-refractivity contribution in [1.82, 2.24) is 0 Å². The highest BCUT2D eigenvalue weighted by molar-refractivity contribution is 7.99. The highest BCUT2D eigenvalue weighted by Crippen LogP contribution is 2.02. The van der Waals surface area contributed by atoms with Crippen LogP contribution in [0.2, 0.25) is 0 Å². The highest BCUT2D eigenvalue weighted by atomic mass is 32.2. The molecule has 0 aliphatic carbocycles. The fourth-order valence-electron chi connectivity index (χ4n) is 0.776. The predicted molar refractivity (Wildman–Crippen MR) is 64.3 cm³/mol. The lowest BCUT2D eigenvalue weighted by atomic mass is 10.4. The van der Waals surface area contributed by atoms with Crippen molar-refractivity contribution in [3.05, 3.63) is 36.4 Å². The minimum Gasteiger partial charge on any atom is -0.162 e. The third-order valence-corrected chi connectivity index (χ3v) is 2.76. The maximum atomic E-state index is 2.22. The Bertz CT molecular complexity index is 129. The van der Waals surface area contributed by atoms with E-state index in [4.69, 9.17) is 0 Å². The maximum absolute atomic E-state index is 2.22. The molecule has 0 nitrogen and oxygen atoms in total. The molecule has 0 spiro atoms. The Morgan fingerprint density at radius 1 is 0.692 bits per heavy atom. The van der Waals surface area contributed by atoms with Crippen LogP contribution in [0, 0.1) is 0 Å². The van der Waals surface area contributed by atoms with Crippen LogP contribution >= 0.6 is 11.8 Å². The molecule has 1 aromatic rings. The summed E-state index contributed by atoms with van der Waals surface area (Å²) in [6.07, 6.45) is 2.65. The molecule has 0 bridgehead atoms. The fraction of sp³-hybridized carbons (Fsp3) is 0.500. The summed E-state index contributed by atoms with van der Waals surface area (Å²) >= 11 is 2.05. The summed E-state index contributed by atoms with van der Waals surface area (Å²) in [5, 5.41) is 0. The summed E-state index contributed by atoms with van der Waals surface area (Å²) < 4.78 is 0. The Hall–Kier alpha value is -0.430. The highest BCUT2D eigenvalue weighted by Gasteiger charge is 1.79. The van der Waals surface area contributed by atoms with Gasteiger partial charge in [0.1, 0.15) is 0 Å². The zero-order valence-corrected chi connectivity index (χ0v) is 9.52. The van der Waals surface area contributed by atoms with Gasteiger partial charge in [-0.25, -0.2) is 0 Å². The predicted octanol–water partition coefficient (Wildman–Crippen LogP) is 4.23. The van der Waals surface area contributed by atoms with E-state index in [2.05, 4.69) is 25.6 Å². The van der Waals surface area contributed by atoms with E-state index in [-0.39, 0.29) is 0 Å². The van der Waals surface area contributed by atoms with Crippen molar-refractivity contribution in [2.45, 2.75) is 26.7 Å². The molecule has 0 saturated carbocycles. The van der Waals surface area contributed by atoms with Crippen molar-refractivity contribution >= 4 is 11.8 Å². The molecule has 0 N–H and O–H groups in total. The van der Waals surface area contributed by atoms with Crippen molar-refractivity contribution in [3.63, 3.8) is 0 Å². The largest absolute Gasteiger partial charge is 0.162 e. The van der Waals surface area contributed by atoms with Gasteiger partial charge in [0.05, 0.1) is 0 Å². The summed E-state index contributed by atoms with van der Waals surface area (Å²) in [7, 11) is 0. The number of rotatable bonds is 4. The van der Waals surface area contributed by atoms with Gasteiger partial charge in [-0.05, 0) is 24.3 Å². The van der Waals surface area contributed by atoms with Crippen molar-refractivity contribution in [2.75, 3.05) is 11.5 Å². The molecule has 74 valence electrons. The van der Waals surface area contributed by atoms with Crippen molar-refractivity contribution in [3.8, 4) is 0 Å². The number of hydrogen-bond acceptors (Lipinski definition) is 1. The summed E-state index contributed by atoms with van der Waals surface area (Å²) in [4.78, 5) is 0. The molecule has 0 aliphatic heterocycles. The lowest BCUT2D eigenvalue weighted by Crippen LogP contribution is -1.76. The van der Waals surface area contributed by atoms with Crippen LogP contribution in [0.3, 0.4) is 0 Å². The molecular weight excluding hydrogens is 176 g/mol. The third-order valence-electron chi connectivity index (χ3n) is 1.36. The van der Waals surface area contributed by atoms with E-state index < -0.39 is 0 Å². The molecule has 0 unspecified atom stereocenters. The molecule has 0 atom stereocenters. The van der Waals surface area contributed by atoms with Crippen molar-refractivity contribution < 1.29 is 0 Å². The van der Waals surface area contributed by atoms with Gasteiger partial charge in [-0.15, -0.1) is 0 Å². The van der Waals surface area contributed by atoms with Gasteiger partial charge >= 0.3 is 0 Å². The quantitative estimate of drug-likeness (QED) is 0.649. The van der Waals surface area contributed by atoms with Crippen LogP contribution in [-0.2, 0) is 0 Å². The number of hydrogen-bond donors (Lipinski definition) is 0. The second-order valence-electron chi connectivity index (χ2n) is 2.77. The van der Waals surface area contributed by atoms with Gasteiger partial charge in [-0.3, -0.25) is 0 Å². The van der Waals surface area contributed by atoms with Crippen LogP contribution in [0.4, 0.5) is 0 Å². The maximum Gasteiger partial charge on any atom is -0.00702 e. The first-order valence-electron chi connectivity index (χ1n) is 4.99. The van der Waals surface area contributed by atoms with E-state index in [0.29, 0.717) is 0 Å². The number of benzene rings is 1. The Morgan fingerprint density at radius 3 is 1.23 bits per heavy atom. The van der Waals surface area contributed by atoms with Gasteiger partial charge < -0.3 is 0 Å². The Morgan fingerprint density at radius 2 is 1.00 bits per heavy atom. The molecular formula is C12H20S. The van der Waals surface area contributed by atoms with Gasteiger partial charge in [0, 0.05) is 0 Å². The van der Waals surface area contributed by atoms with Crippen molar-refractivity contribution in [2.24, 2.45) is 0 Å². The number of thioether (sulfide) groups is 1. The lowest BCUT2D eigenvalue weighted by Gasteiger charge is -1.91. The smallest absolute Gasteiger partial charge is 0.00702 e. The second-order valence-corrected chi connectivity index (χ2v) is 3.99. The average molecular weight is 196 g/mol. The molecule has 1 aromatic carbocycles. The molecule has 0 aliphatic rings. The first kappa shape index (κ1) is 12.6. The Balaban J connectivity index is 0.000000223. The molecule has 0 saturated heterocycles. The Kier molecular flexibility index (Phi) is 11.2. The van der Waals surface area contributed by atoms with Crippen LogP contribution in [0.25, 0.3) is 0 Å². The first-order chi connectivity index (χ1) is 6.41. The van der Waals surface area contributed by atoms with E-state index in [1.807, 2.05) is 36.4 Å². The van der Waals surface area contributed by atoms with Crippen LogP contribution < -0.4 is 0 Å². The van der Waals surface area contributed by atoms with Gasteiger partial charge in [-0.1, -0.05) is 50.2 Å². The zero-order chi connectivity index (χ0) is 9.78. The fourth-order valence-corrected chi connectivity index (χ4v) is 1.56. The van der Waals surface area contributed by atoms with E-state index >= 15 is 0 Å². The zero-order valence-electron chi connectivity index (χ0n) is 8.70. The van der Waals surface area contributed by atoms with Crippen LogP contribution in [-0.4, -0.2) is 11.5 Å². The molecule has 1 rings (SSSR count). The van der Waals surface area contributed by atoms with E-state index in [9.17, 15) is 0 Å². The molecule has 0 amide bonds. The SMILES string of the molecule is CCCSCCC.c1ccccc1. The topological polar surface area (TPSA) is 0 Å². The summed E-state index contributed by atoms with van der Waals surface area (Å²) in [6, 6.07) is 12.0. The summed E-state index contributed by atoms with van der Waals surface area (Å²) in [6.45, 7) is 4.45. The molecule has 0 fully saturated rings.